The van der Waals surface area contributed by atoms with Crippen LogP contribution in [-0.4, -0.2) is 23.8 Å². The molecule has 1 rings (SSSR count). The lowest BCUT2D eigenvalue weighted by molar-refractivity contribution is -0.140. The summed E-state index contributed by atoms with van der Waals surface area (Å²) in [6.45, 7) is -1.27. The van der Waals surface area contributed by atoms with Crippen LogP contribution in [0, 0.1) is 5.82 Å². The van der Waals surface area contributed by atoms with Gasteiger partial charge in [-0.1, -0.05) is 6.07 Å². The van der Waals surface area contributed by atoms with Gasteiger partial charge in [-0.05, 0) is 17.7 Å². The number of hydrogen-bond acceptors (Lipinski definition) is 2. The Balaban J connectivity index is 3.24. The van der Waals surface area contributed by atoms with E-state index in [1.807, 2.05) is 0 Å². The maximum absolute atomic E-state index is 13.0. The van der Waals surface area contributed by atoms with E-state index in [0.29, 0.717) is 12.1 Å². The minimum atomic E-state index is -4.95. The third kappa shape index (κ3) is 3.40. The van der Waals surface area contributed by atoms with Gasteiger partial charge < -0.3 is 10.8 Å². The van der Waals surface area contributed by atoms with Crippen LogP contribution in [-0.2, 0) is 11.0 Å². The zero-order valence-corrected chi connectivity index (χ0v) is 9.42. The number of hydrogen-bond donors (Lipinski definition) is 2. The number of nitrogens with two attached hydrogens (primary N) is 1. The molecular formula is C11H10F5NO2. The molecule has 2 atom stereocenters. The first-order valence-corrected chi connectivity index (χ1v) is 5.09. The molecule has 0 spiro atoms. The van der Waals surface area contributed by atoms with Gasteiger partial charge in [-0.25, -0.2) is 4.39 Å². The largest absolute Gasteiger partial charge is 0.480 e. The predicted octanol–water partition coefficient (Wildman–Crippen LogP) is 2.31. The van der Waals surface area contributed by atoms with Crippen molar-refractivity contribution < 1.29 is 31.9 Å². The molecule has 19 heavy (non-hydrogen) atoms. The summed E-state index contributed by atoms with van der Waals surface area (Å²) in [5, 5.41) is 8.64. The number of benzene rings is 1. The van der Waals surface area contributed by atoms with Crippen LogP contribution >= 0.6 is 0 Å². The smallest absolute Gasteiger partial charge is 0.419 e. The van der Waals surface area contributed by atoms with Gasteiger partial charge in [0, 0.05) is 5.92 Å². The van der Waals surface area contributed by atoms with E-state index in [9.17, 15) is 26.7 Å². The van der Waals surface area contributed by atoms with Gasteiger partial charge in [0.25, 0.3) is 0 Å². The fourth-order valence-corrected chi connectivity index (χ4v) is 1.56. The van der Waals surface area contributed by atoms with Gasteiger partial charge in [0.1, 0.15) is 11.9 Å². The maximum atomic E-state index is 13.0. The highest BCUT2D eigenvalue weighted by Gasteiger charge is 2.35. The first-order valence-electron chi connectivity index (χ1n) is 5.09. The van der Waals surface area contributed by atoms with Crippen LogP contribution in [0.2, 0.25) is 0 Å². The van der Waals surface area contributed by atoms with Gasteiger partial charge in [-0.3, -0.25) is 9.18 Å². The first kappa shape index (κ1) is 15.4. The summed E-state index contributed by atoms with van der Waals surface area (Å²) in [4.78, 5) is 10.6. The van der Waals surface area contributed by atoms with Gasteiger partial charge in [0.05, 0.1) is 12.2 Å². The van der Waals surface area contributed by atoms with Crippen LogP contribution < -0.4 is 5.73 Å². The Bertz CT molecular complexity index is 475. The molecule has 3 nitrogen and oxygen atoms in total. The topological polar surface area (TPSA) is 63.3 Å². The lowest BCUT2D eigenvalue weighted by Gasteiger charge is -2.19. The molecule has 0 saturated carbocycles. The highest BCUT2D eigenvalue weighted by Crippen LogP contribution is 2.33. The van der Waals surface area contributed by atoms with Gasteiger partial charge in [0.2, 0.25) is 0 Å². The zero-order valence-electron chi connectivity index (χ0n) is 9.42. The van der Waals surface area contributed by atoms with Crippen molar-refractivity contribution in [1.29, 1.82) is 0 Å². The summed E-state index contributed by atoms with van der Waals surface area (Å²) in [6.07, 6.45) is -4.95. The second kappa shape index (κ2) is 5.52. The van der Waals surface area contributed by atoms with E-state index in [4.69, 9.17) is 10.8 Å². The molecular weight excluding hydrogens is 273 g/mol. The Labute approximate surface area is 104 Å². The summed E-state index contributed by atoms with van der Waals surface area (Å²) < 4.78 is 63.2. The molecule has 0 saturated heterocycles. The molecule has 2 unspecified atom stereocenters. The fourth-order valence-electron chi connectivity index (χ4n) is 1.56. The Morgan fingerprint density at radius 3 is 2.37 bits per heavy atom. The van der Waals surface area contributed by atoms with Gasteiger partial charge in [-0.2, -0.15) is 13.2 Å². The number of halogens is 5. The van der Waals surface area contributed by atoms with E-state index < -0.39 is 42.2 Å². The van der Waals surface area contributed by atoms with Crippen LogP contribution in [0.1, 0.15) is 17.0 Å². The summed E-state index contributed by atoms with van der Waals surface area (Å²) in [7, 11) is 0. The second-order valence-corrected chi connectivity index (χ2v) is 3.86. The Kier molecular flexibility index (Phi) is 4.46. The van der Waals surface area contributed by atoms with E-state index in [-0.39, 0.29) is 5.56 Å². The van der Waals surface area contributed by atoms with Crippen LogP contribution in [0.3, 0.4) is 0 Å². The van der Waals surface area contributed by atoms with Crippen molar-refractivity contribution in [3.8, 4) is 0 Å². The summed E-state index contributed by atoms with van der Waals surface area (Å²) in [5.74, 6) is -4.54. The Hall–Kier alpha value is -1.70. The van der Waals surface area contributed by atoms with Crippen molar-refractivity contribution >= 4 is 5.97 Å². The number of carboxylic acids is 1. The molecule has 0 aliphatic rings. The van der Waals surface area contributed by atoms with E-state index in [1.165, 1.54) is 0 Å². The minimum Gasteiger partial charge on any atom is -0.480 e. The molecule has 0 radical (unpaired) electrons. The van der Waals surface area contributed by atoms with Crippen molar-refractivity contribution in [2.45, 2.75) is 18.1 Å². The monoisotopic (exact) mass is 283 g/mol. The van der Waals surface area contributed by atoms with Crippen LogP contribution in [0.5, 0.6) is 0 Å². The molecule has 106 valence electrons. The molecule has 1 aromatic carbocycles. The van der Waals surface area contributed by atoms with Crippen molar-refractivity contribution in [2.24, 2.45) is 5.73 Å². The average molecular weight is 283 g/mol. The van der Waals surface area contributed by atoms with Crippen molar-refractivity contribution in [1.82, 2.24) is 0 Å². The molecule has 0 bridgehead atoms. The molecule has 1 aromatic rings. The number of aliphatic carboxylic acids is 1. The van der Waals surface area contributed by atoms with Gasteiger partial charge in [0.15, 0.2) is 0 Å². The number of rotatable bonds is 4. The number of alkyl halides is 4. The Morgan fingerprint density at radius 2 is 1.95 bits per heavy atom. The SMILES string of the molecule is NC(C(=O)O)C(CF)c1ccc(F)c(C(F)(F)F)c1. The van der Waals surface area contributed by atoms with Crippen molar-refractivity contribution in [2.75, 3.05) is 6.67 Å². The highest BCUT2D eigenvalue weighted by molar-refractivity contribution is 5.74. The Morgan fingerprint density at radius 1 is 1.37 bits per heavy atom. The minimum absolute atomic E-state index is 0.314. The lowest BCUT2D eigenvalue weighted by atomic mass is 9.91. The first-order chi connectivity index (χ1) is 8.68. The third-order valence-electron chi connectivity index (χ3n) is 2.61. The normalized spacial score (nSPS) is 15.1. The predicted molar refractivity (Wildman–Crippen MR) is 55.7 cm³/mol. The quantitative estimate of drug-likeness (QED) is 0.833. The van der Waals surface area contributed by atoms with E-state index in [2.05, 4.69) is 0 Å². The van der Waals surface area contributed by atoms with E-state index in [0.717, 1.165) is 6.07 Å². The summed E-state index contributed by atoms with van der Waals surface area (Å²) in [5.41, 5.74) is 3.29. The molecule has 3 N–H and O–H groups in total. The van der Waals surface area contributed by atoms with E-state index in [1.54, 1.807) is 0 Å². The molecule has 0 amide bonds. The summed E-state index contributed by atoms with van der Waals surface area (Å²) >= 11 is 0. The van der Waals surface area contributed by atoms with E-state index >= 15 is 0 Å². The molecule has 0 aliphatic carbocycles. The fraction of sp³-hybridized carbons (Fsp3) is 0.364. The molecule has 0 fully saturated rings. The maximum Gasteiger partial charge on any atom is 0.419 e. The average Bonchev–Trinajstić information content (AvgIpc) is 2.30. The van der Waals surface area contributed by atoms with Crippen molar-refractivity contribution in [3.63, 3.8) is 0 Å². The van der Waals surface area contributed by atoms with Crippen LogP contribution in [0.4, 0.5) is 22.0 Å². The molecule has 8 heteroatoms. The van der Waals surface area contributed by atoms with Gasteiger partial charge in [-0.15, -0.1) is 0 Å². The number of carboxylic acid groups (broad SMARTS) is 1. The van der Waals surface area contributed by atoms with Crippen molar-refractivity contribution in [3.05, 3.63) is 35.1 Å². The van der Waals surface area contributed by atoms with Crippen LogP contribution in [0.25, 0.3) is 0 Å². The third-order valence-corrected chi connectivity index (χ3v) is 2.61. The van der Waals surface area contributed by atoms with Gasteiger partial charge >= 0.3 is 12.1 Å². The zero-order chi connectivity index (χ0) is 14.8. The number of carbonyl (C=O) groups is 1. The molecule has 0 heterocycles. The molecule has 0 aromatic heterocycles. The lowest BCUT2D eigenvalue weighted by Crippen LogP contribution is -2.37. The summed E-state index contributed by atoms with van der Waals surface area (Å²) in [6, 6.07) is 0.0617. The molecule has 0 aliphatic heterocycles. The second-order valence-electron chi connectivity index (χ2n) is 3.86. The highest BCUT2D eigenvalue weighted by atomic mass is 19.4. The standard InChI is InChI=1S/C11H10F5NO2/c12-4-6(9(17)10(18)19)5-1-2-8(13)7(3-5)11(14,15)16/h1-3,6,9H,4,17H2,(H,18,19). The van der Waals surface area contributed by atoms with Crippen LogP contribution in [0.15, 0.2) is 18.2 Å².